The number of nitrogens with zero attached hydrogens (tertiary/aromatic N) is 2. The molecule has 1 aliphatic rings. The predicted octanol–water partition coefficient (Wildman–Crippen LogP) is 3.79. The summed E-state index contributed by atoms with van der Waals surface area (Å²) in [5, 5.41) is 4.17. The van der Waals surface area contributed by atoms with Crippen LogP contribution in [0.5, 0.6) is 0 Å². The summed E-state index contributed by atoms with van der Waals surface area (Å²) in [4.78, 5) is 4.53. The average molecular weight is 262 g/mol. The normalized spacial score (nSPS) is 14.8. The Balaban J connectivity index is 1.73. The summed E-state index contributed by atoms with van der Waals surface area (Å²) in [5.74, 6) is 0.968. The highest BCUT2D eigenvalue weighted by Crippen LogP contribution is 2.37. The van der Waals surface area contributed by atoms with Crippen molar-refractivity contribution >= 4 is 17.5 Å². The van der Waals surface area contributed by atoms with Crippen LogP contribution in [-0.4, -0.2) is 9.55 Å². The van der Waals surface area contributed by atoms with Gasteiger partial charge in [0.2, 0.25) is 5.95 Å². The number of imidazole rings is 1. The number of rotatable bonds is 4. The molecule has 94 valence electrons. The molecule has 1 aliphatic carbocycles. The maximum atomic E-state index is 5.97. The summed E-state index contributed by atoms with van der Waals surface area (Å²) in [5.41, 5.74) is 2.24. The van der Waals surface area contributed by atoms with E-state index in [0.717, 1.165) is 23.2 Å². The molecule has 0 aliphatic heterocycles. The zero-order valence-electron chi connectivity index (χ0n) is 10.4. The Morgan fingerprint density at radius 3 is 3.00 bits per heavy atom. The van der Waals surface area contributed by atoms with E-state index in [0.29, 0.717) is 6.04 Å². The smallest absolute Gasteiger partial charge is 0.203 e. The van der Waals surface area contributed by atoms with Crippen LogP contribution in [-0.2, 0) is 6.54 Å². The first-order valence-electron chi connectivity index (χ1n) is 6.26. The lowest BCUT2D eigenvalue weighted by atomic mass is 10.2. The van der Waals surface area contributed by atoms with Gasteiger partial charge in [-0.05, 0) is 37.5 Å². The van der Waals surface area contributed by atoms with Crippen LogP contribution in [0.25, 0.3) is 0 Å². The molecule has 1 heterocycles. The summed E-state index contributed by atoms with van der Waals surface area (Å²) >= 11 is 5.97. The van der Waals surface area contributed by atoms with Gasteiger partial charge in [0.1, 0.15) is 0 Å². The van der Waals surface area contributed by atoms with E-state index >= 15 is 0 Å². The van der Waals surface area contributed by atoms with Gasteiger partial charge in [-0.15, -0.1) is 0 Å². The van der Waals surface area contributed by atoms with Gasteiger partial charge >= 0.3 is 0 Å². The van der Waals surface area contributed by atoms with Crippen LogP contribution in [0.15, 0.2) is 30.5 Å². The highest BCUT2D eigenvalue weighted by atomic mass is 35.5. The van der Waals surface area contributed by atoms with Crippen LogP contribution in [0.4, 0.5) is 5.95 Å². The molecule has 0 bridgehead atoms. The Kier molecular flexibility index (Phi) is 3.00. The quantitative estimate of drug-likeness (QED) is 0.907. The van der Waals surface area contributed by atoms with Gasteiger partial charge in [-0.2, -0.15) is 0 Å². The maximum absolute atomic E-state index is 5.97. The lowest BCUT2D eigenvalue weighted by molar-refractivity contribution is 0.742. The van der Waals surface area contributed by atoms with Crippen molar-refractivity contribution in [3.63, 3.8) is 0 Å². The van der Waals surface area contributed by atoms with Crippen molar-refractivity contribution in [3.05, 3.63) is 46.7 Å². The fourth-order valence-electron chi connectivity index (χ4n) is 2.11. The van der Waals surface area contributed by atoms with Crippen molar-refractivity contribution < 1.29 is 0 Å². The van der Waals surface area contributed by atoms with E-state index in [1.165, 1.54) is 18.4 Å². The van der Waals surface area contributed by atoms with Gasteiger partial charge in [0.25, 0.3) is 0 Å². The lowest BCUT2D eigenvalue weighted by Gasteiger charge is -2.08. The molecule has 2 aromatic rings. The molecule has 0 saturated heterocycles. The summed E-state index contributed by atoms with van der Waals surface area (Å²) in [6.45, 7) is 2.78. The number of nitrogens with one attached hydrogen (secondary N) is 1. The summed E-state index contributed by atoms with van der Waals surface area (Å²) in [6.07, 6.45) is 4.65. The largest absolute Gasteiger partial charge is 0.352 e. The predicted molar refractivity (Wildman–Crippen MR) is 74.0 cm³/mol. The van der Waals surface area contributed by atoms with Gasteiger partial charge in [0.15, 0.2) is 0 Å². The van der Waals surface area contributed by atoms with Gasteiger partial charge in [0.05, 0.1) is 5.69 Å². The first-order chi connectivity index (χ1) is 8.72. The lowest BCUT2D eigenvalue weighted by Crippen LogP contribution is -2.06. The van der Waals surface area contributed by atoms with Crippen molar-refractivity contribution in [2.75, 3.05) is 5.32 Å². The van der Waals surface area contributed by atoms with E-state index in [-0.39, 0.29) is 0 Å². The third-order valence-corrected chi connectivity index (χ3v) is 3.37. The zero-order chi connectivity index (χ0) is 12.5. The van der Waals surface area contributed by atoms with E-state index in [1.54, 1.807) is 0 Å². The molecule has 3 rings (SSSR count). The van der Waals surface area contributed by atoms with Crippen molar-refractivity contribution in [1.82, 2.24) is 9.55 Å². The summed E-state index contributed by atoms with van der Waals surface area (Å²) in [6, 6.07) is 8.55. The van der Waals surface area contributed by atoms with E-state index in [2.05, 4.69) is 27.1 Å². The van der Waals surface area contributed by atoms with Gasteiger partial charge in [-0.3, -0.25) is 0 Å². The zero-order valence-corrected chi connectivity index (χ0v) is 11.1. The van der Waals surface area contributed by atoms with E-state index in [9.17, 15) is 0 Å². The second kappa shape index (κ2) is 4.65. The van der Waals surface area contributed by atoms with Crippen LogP contribution in [0, 0.1) is 6.92 Å². The Morgan fingerprint density at radius 1 is 1.44 bits per heavy atom. The minimum Gasteiger partial charge on any atom is -0.352 e. The van der Waals surface area contributed by atoms with Crippen molar-refractivity contribution in [1.29, 1.82) is 0 Å². The topological polar surface area (TPSA) is 29.9 Å². The number of benzene rings is 1. The third-order valence-electron chi connectivity index (χ3n) is 3.13. The van der Waals surface area contributed by atoms with Crippen molar-refractivity contribution in [3.8, 4) is 0 Å². The highest BCUT2D eigenvalue weighted by Gasteiger charge is 2.26. The molecule has 0 amide bonds. The number of aryl methyl sites for hydroxylation is 1. The average Bonchev–Trinajstić information content (AvgIpc) is 3.11. The number of hydrogen-bond donors (Lipinski definition) is 1. The third kappa shape index (κ3) is 2.51. The molecule has 3 nitrogen and oxygen atoms in total. The monoisotopic (exact) mass is 261 g/mol. The number of hydrogen-bond acceptors (Lipinski definition) is 2. The molecule has 1 aromatic heterocycles. The standard InChI is InChI=1S/C14H16ClN3/c1-10-9-18(13-5-6-13)14(17-10)16-8-11-3-2-4-12(15)7-11/h2-4,7,9,13H,5-6,8H2,1H3,(H,16,17). The molecule has 4 heteroatoms. The summed E-state index contributed by atoms with van der Waals surface area (Å²) < 4.78 is 2.25. The Bertz CT molecular complexity index is 558. The van der Waals surface area contributed by atoms with E-state index in [1.807, 2.05) is 25.1 Å². The molecule has 0 spiro atoms. The fourth-order valence-corrected chi connectivity index (χ4v) is 2.32. The maximum Gasteiger partial charge on any atom is 0.203 e. The highest BCUT2D eigenvalue weighted by molar-refractivity contribution is 6.30. The van der Waals surface area contributed by atoms with Crippen LogP contribution in [0.3, 0.4) is 0 Å². The SMILES string of the molecule is Cc1cn(C2CC2)c(NCc2cccc(Cl)c2)n1. The molecule has 1 aromatic carbocycles. The molecule has 18 heavy (non-hydrogen) atoms. The van der Waals surface area contributed by atoms with Crippen LogP contribution in [0.2, 0.25) is 5.02 Å². The second-order valence-corrected chi connectivity index (χ2v) is 5.26. The molecule has 0 atom stereocenters. The first kappa shape index (κ1) is 11.6. The van der Waals surface area contributed by atoms with Crippen LogP contribution < -0.4 is 5.32 Å². The minimum atomic E-state index is 0.646. The number of anilines is 1. The molecule has 0 unspecified atom stereocenters. The van der Waals surface area contributed by atoms with Gasteiger partial charge in [-0.25, -0.2) is 4.98 Å². The molecule has 0 radical (unpaired) electrons. The molecular formula is C14H16ClN3. The first-order valence-corrected chi connectivity index (χ1v) is 6.64. The van der Waals surface area contributed by atoms with E-state index < -0.39 is 0 Å². The Hall–Kier alpha value is -1.48. The molecule has 1 N–H and O–H groups in total. The summed E-state index contributed by atoms with van der Waals surface area (Å²) in [7, 11) is 0. The van der Waals surface area contributed by atoms with Crippen molar-refractivity contribution in [2.24, 2.45) is 0 Å². The van der Waals surface area contributed by atoms with E-state index in [4.69, 9.17) is 11.6 Å². The second-order valence-electron chi connectivity index (χ2n) is 4.83. The molecule has 1 saturated carbocycles. The Labute approximate surface area is 112 Å². The molecular weight excluding hydrogens is 246 g/mol. The van der Waals surface area contributed by atoms with Crippen LogP contribution >= 0.6 is 11.6 Å². The number of halogens is 1. The van der Waals surface area contributed by atoms with Gasteiger partial charge < -0.3 is 9.88 Å². The van der Waals surface area contributed by atoms with Gasteiger partial charge in [0, 0.05) is 23.8 Å². The number of aromatic nitrogens is 2. The van der Waals surface area contributed by atoms with Crippen LogP contribution in [0.1, 0.15) is 30.1 Å². The Morgan fingerprint density at radius 2 is 2.28 bits per heavy atom. The minimum absolute atomic E-state index is 0.646. The van der Waals surface area contributed by atoms with Crippen molar-refractivity contribution in [2.45, 2.75) is 32.4 Å². The fraction of sp³-hybridized carbons (Fsp3) is 0.357. The van der Waals surface area contributed by atoms with Gasteiger partial charge in [-0.1, -0.05) is 23.7 Å². The molecule has 1 fully saturated rings.